The Labute approximate surface area is 149 Å². The zero-order chi connectivity index (χ0) is 16.8. The van der Waals surface area contributed by atoms with E-state index in [1.165, 1.54) is 24.0 Å². The molecule has 0 fully saturated rings. The summed E-state index contributed by atoms with van der Waals surface area (Å²) in [5, 5.41) is 3.22. The van der Waals surface area contributed by atoms with Gasteiger partial charge in [-0.05, 0) is 37.6 Å². The molecule has 128 valence electrons. The minimum atomic E-state index is 0.606. The first-order valence-corrected chi connectivity index (χ1v) is 9.94. The van der Waals surface area contributed by atoms with Crippen molar-refractivity contribution < 1.29 is 9.47 Å². The van der Waals surface area contributed by atoms with Gasteiger partial charge in [0, 0.05) is 15.8 Å². The fourth-order valence-corrected chi connectivity index (χ4v) is 4.08. The van der Waals surface area contributed by atoms with Gasteiger partial charge in [0.2, 0.25) is 0 Å². The van der Waals surface area contributed by atoms with E-state index >= 15 is 0 Å². The van der Waals surface area contributed by atoms with Crippen molar-refractivity contribution in [3.63, 3.8) is 0 Å². The van der Waals surface area contributed by atoms with Crippen molar-refractivity contribution in [2.24, 2.45) is 5.92 Å². The van der Waals surface area contributed by atoms with Crippen LogP contribution in [0.15, 0.2) is 16.3 Å². The number of rotatable bonds is 9. The SMILES string of the molecule is CCCCC(CC)COc1c(OCC)c(C)c(S)c2sccc12. The summed E-state index contributed by atoms with van der Waals surface area (Å²) in [6, 6.07) is 2.12. The van der Waals surface area contributed by atoms with Crippen LogP contribution >= 0.6 is 24.0 Å². The molecule has 0 aliphatic carbocycles. The molecule has 0 aliphatic heterocycles. The lowest BCUT2D eigenvalue weighted by Gasteiger charge is -2.20. The molecule has 0 saturated heterocycles. The Morgan fingerprint density at radius 2 is 1.96 bits per heavy atom. The maximum Gasteiger partial charge on any atom is 0.170 e. The van der Waals surface area contributed by atoms with E-state index in [1.807, 2.05) is 6.92 Å². The second-order valence-corrected chi connectivity index (χ2v) is 7.32. The average Bonchev–Trinajstić information content (AvgIpc) is 3.04. The van der Waals surface area contributed by atoms with E-state index in [0.717, 1.165) is 40.4 Å². The molecule has 0 aliphatic rings. The molecule has 1 atom stereocenters. The lowest BCUT2D eigenvalue weighted by atomic mass is 10.0. The van der Waals surface area contributed by atoms with Gasteiger partial charge in [-0.15, -0.1) is 24.0 Å². The zero-order valence-electron chi connectivity index (χ0n) is 14.6. The highest BCUT2D eigenvalue weighted by atomic mass is 32.1. The summed E-state index contributed by atoms with van der Waals surface area (Å²) in [7, 11) is 0. The van der Waals surface area contributed by atoms with E-state index in [-0.39, 0.29) is 0 Å². The Morgan fingerprint density at radius 3 is 2.61 bits per heavy atom. The molecular formula is C19H28O2S2. The molecule has 1 aromatic heterocycles. The average molecular weight is 353 g/mol. The van der Waals surface area contributed by atoms with Gasteiger partial charge in [-0.3, -0.25) is 0 Å². The monoisotopic (exact) mass is 352 g/mol. The molecule has 0 radical (unpaired) electrons. The predicted molar refractivity (Wildman–Crippen MR) is 104 cm³/mol. The van der Waals surface area contributed by atoms with Gasteiger partial charge in [-0.25, -0.2) is 0 Å². The number of thiol groups is 1. The molecule has 2 aromatic rings. The fraction of sp³-hybridized carbons (Fsp3) is 0.579. The number of hydrogen-bond donors (Lipinski definition) is 1. The van der Waals surface area contributed by atoms with Crippen LogP contribution in [0.4, 0.5) is 0 Å². The zero-order valence-corrected chi connectivity index (χ0v) is 16.4. The number of unbranched alkanes of at least 4 members (excludes halogenated alkanes) is 1. The molecule has 4 heteroatoms. The molecule has 1 aromatic carbocycles. The molecule has 2 rings (SSSR count). The second kappa shape index (κ2) is 8.84. The maximum absolute atomic E-state index is 6.29. The van der Waals surface area contributed by atoms with E-state index in [4.69, 9.17) is 9.47 Å². The molecule has 0 saturated carbocycles. The Hall–Kier alpha value is -0.870. The lowest BCUT2D eigenvalue weighted by Crippen LogP contribution is -2.12. The molecule has 0 amide bonds. The van der Waals surface area contributed by atoms with Crippen LogP contribution in [-0.4, -0.2) is 13.2 Å². The summed E-state index contributed by atoms with van der Waals surface area (Å²) in [5.41, 5.74) is 1.07. The summed E-state index contributed by atoms with van der Waals surface area (Å²) in [6.07, 6.45) is 4.89. The summed E-state index contributed by atoms with van der Waals surface area (Å²) in [6.45, 7) is 9.95. The molecular weight excluding hydrogens is 324 g/mol. The normalized spacial score (nSPS) is 12.6. The van der Waals surface area contributed by atoms with Gasteiger partial charge in [0.25, 0.3) is 0 Å². The first-order valence-electron chi connectivity index (χ1n) is 8.62. The molecule has 0 spiro atoms. The van der Waals surface area contributed by atoms with Crippen LogP contribution in [0.25, 0.3) is 10.1 Å². The number of hydrogen-bond acceptors (Lipinski definition) is 4. The van der Waals surface area contributed by atoms with E-state index in [0.29, 0.717) is 12.5 Å². The molecule has 2 nitrogen and oxygen atoms in total. The minimum Gasteiger partial charge on any atom is -0.490 e. The number of thiophene rings is 1. The van der Waals surface area contributed by atoms with Gasteiger partial charge in [-0.2, -0.15) is 0 Å². The molecule has 1 heterocycles. The van der Waals surface area contributed by atoms with Crippen molar-refractivity contribution >= 4 is 34.1 Å². The van der Waals surface area contributed by atoms with Crippen molar-refractivity contribution in [2.75, 3.05) is 13.2 Å². The fourth-order valence-electron chi connectivity index (χ4n) is 2.80. The quantitative estimate of drug-likeness (QED) is 0.520. The summed E-state index contributed by atoms with van der Waals surface area (Å²) < 4.78 is 13.4. The third kappa shape index (κ3) is 4.16. The van der Waals surface area contributed by atoms with Crippen molar-refractivity contribution in [3.05, 3.63) is 17.0 Å². The van der Waals surface area contributed by atoms with Gasteiger partial charge in [0.1, 0.15) is 0 Å². The molecule has 1 unspecified atom stereocenters. The summed E-state index contributed by atoms with van der Waals surface area (Å²) >= 11 is 6.40. The highest BCUT2D eigenvalue weighted by molar-refractivity contribution is 7.80. The Kier molecular flexibility index (Phi) is 7.09. The minimum absolute atomic E-state index is 0.606. The van der Waals surface area contributed by atoms with Crippen LogP contribution in [0.5, 0.6) is 11.5 Å². The summed E-state index contributed by atoms with van der Waals surface area (Å²) in [5.74, 6) is 2.36. The first kappa shape index (κ1) is 18.5. The second-order valence-electron chi connectivity index (χ2n) is 5.96. The Morgan fingerprint density at radius 1 is 1.17 bits per heavy atom. The Balaban J connectivity index is 2.32. The van der Waals surface area contributed by atoms with Crippen molar-refractivity contribution in [1.29, 1.82) is 0 Å². The third-order valence-electron chi connectivity index (χ3n) is 4.32. The molecule has 0 N–H and O–H groups in total. The van der Waals surface area contributed by atoms with Crippen LogP contribution in [0.1, 0.15) is 52.0 Å². The molecule has 23 heavy (non-hydrogen) atoms. The molecule has 0 bridgehead atoms. The van der Waals surface area contributed by atoms with E-state index < -0.39 is 0 Å². The van der Waals surface area contributed by atoms with Gasteiger partial charge in [-0.1, -0.05) is 33.1 Å². The smallest absolute Gasteiger partial charge is 0.170 e. The highest BCUT2D eigenvalue weighted by Crippen LogP contribution is 2.45. The van der Waals surface area contributed by atoms with Gasteiger partial charge < -0.3 is 9.47 Å². The predicted octanol–water partition coefficient (Wildman–Crippen LogP) is 6.49. The van der Waals surface area contributed by atoms with Crippen LogP contribution in [-0.2, 0) is 0 Å². The van der Waals surface area contributed by atoms with Crippen LogP contribution in [0.3, 0.4) is 0 Å². The largest absolute Gasteiger partial charge is 0.490 e. The maximum atomic E-state index is 6.29. The standard InChI is InChI=1S/C19H28O2S2/c1-5-8-9-14(6-2)12-21-17-15-10-11-23-19(15)18(22)13(4)16(17)20-7-3/h10-11,14,22H,5-9,12H2,1-4H3. The highest BCUT2D eigenvalue weighted by Gasteiger charge is 2.19. The van der Waals surface area contributed by atoms with E-state index in [9.17, 15) is 0 Å². The van der Waals surface area contributed by atoms with Crippen LogP contribution in [0, 0.1) is 12.8 Å². The van der Waals surface area contributed by atoms with Crippen molar-refractivity contribution in [2.45, 2.75) is 58.3 Å². The Bertz CT molecular complexity index is 634. The summed E-state index contributed by atoms with van der Waals surface area (Å²) in [4.78, 5) is 1.00. The lowest BCUT2D eigenvalue weighted by molar-refractivity contribution is 0.221. The van der Waals surface area contributed by atoms with Crippen LogP contribution in [0.2, 0.25) is 0 Å². The third-order valence-corrected chi connectivity index (χ3v) is 5.96. The van der Waals surface area contributed by atoms with Gasteiger partial charge in [0.15, 0.2) is 11.5 Å². The van der Waals surface area contributed by atoms with Gasteiger partial charge >= 0.3 is 0 Å². The van der Waals surface area contributed by atoms with E-state index in [2.05, 4.69) is 44.8 Å². The number of ether oxygens (including phenoxy) is 2. The van der Waals surface area contributed by atoms with Crippen molar-refractivity contribution in [3.8, 4) is 11.5 Å². The van der Waals surface area contributed by atoms with Crippen molar-refractivity contribution in [1.82, 2.24) is 0 Å². The van der Waals surface area contributed by atoms with Crippen LogP contribution < -0.4 is 9.47 Å². The number of fused-ring (bicyclic) bond motifs is 1. The van der Waals surface area contributed by atoms with Gasteiger partial charge in [0.05, 0.1) is 17.9 Å². The topological polar surface area (TPSA) is 18.5 Å². The van der Waals surface area contributed by atoms with E-state index in [1.54, 1.807) is 11.3 Å². The number of benzene rings is 1. The first-order chi connectivity index (χ1) is 11.1.